The Balaban J connectivity index is 1.48. The minimum Gasteiger partial charge on any atom is -0.342 e. The van der Waals surface area contributed by atoms with E-state index in [4.69, 9.17) is 0 Å². The standard InChI is InChI=1S/C22H23N3O3/c1-14-19(22(28)24-23-14)12-20(26)25-10-4-7-18(13-25)21(27)17-9-8-15-5-2-3-6-16(15)11-17/h2-3,5-6,8-9,11,18H,4,7,10,12-13H2,1H3,(H2,23,24,28)/t18-/m0/s1. The number of nitrogens with one attached hydrogen (secondary N) is 2. The van der Waals surface area contributed by atoms with Crippen molar-refractivity contribution in [2.75, 3.05) is 13.1 Å². The second-order valence-electron chi connectivity index (χ2n) is 7.46. The second kappa shape index (κ2) is 7.46. The molecule has 2 aromatic carbocycles. The van der Waals surface area contributed by atoms with Crippen molar-refractivity contribution in [3.05, 3.63) is 69.6 Å². The van der Waals surface area contributed by atoms with Crippen LogP contribution in [0.15, 0.2) is 47.3 Å². The van der Waals surface area contributed by atoms with Crippen LogP contribution in [0.2, 0.25) is 0 Å². The third-order valence-corrected chi connectivity index (χ3v) is 5.60. The highest BCUT2D eigenvalue weighted by Crippen LogP contribution is 2.24. The fourth-order valence-corrected chi connectivity index (χ4v) is 3.94. The first kappa shape index (κ1) is 18.2. The van der Waals surface area contributed by atoms with Gasteiger partial charge in [0.2, 0.25) is 5.91 Å². The Labute approximate surface area is 162 Å². The van der Waals surface area contributed by atoms with Crippen LogP contribution in [0, 0.1) is 12.8 Å². The normalized spacial score (nSPS) is 17.0. The van der Waals surface area contributed by atoms with Gasteiger partial charge in [-0.2, -0.15) is 0 Å². The number of likely N-dealkylation sites (tertiary alicyclic amines) is 1. The number of fused-ring (bicyclic) bond motifs is 1. The number of hydrogen-bond donors (Lipinski definition) is 2. The number of carbonyl (C=O) groups is 2. The van der Waals surface area contributed by atoms with Crippen molar-refractivity contribution in [2.24, 2.45) is 5.92 Å². The van der Waals surface area contributed by atoms with Crippen molar-refractivity contribution in [3.63, 3.8) is 0 Å². The maximum absolute atomic E-state index is 13.0. The molecule has 3 aromatic rings. The van der Waals surface area contributed by atoms with Gasteiger partial charge in [-0.3, -0.25) is 19.5 Å². The molecule has 1 saturated heterocycles. The van der Waals surface area contributed by atoms with Crippen molar-refractivity contribution in [2.45, 2.75) is 26.2 Å². The number of amides is 1. The summed E-state index contributed by atoms with van der Waals surface area (Å²) in [5.74, 6) is -0.229. The van der Waals surface area contributed by atoms with Gasteiger partial charge in [-0.15, -0.1) is 0 Å². The van der Waals surface area contributed by atoms with E-state index in [1.54, 1.807) is 11.8 Å². The number of ketones is 1. The molecular formula is C22H23N3O3. The number of aryl methyl sites for hydroxylation is 1. The fourth-order valence-electron chi connectivity index (χ4n) is 3.94. The van der Waals surface area contributed by atoms with E-state index in [9.17, 15) is 14.4 Å². The lowest BCUT2D eigenvalue weighted by molar-refractivity contribution is -0.131. The largest absolute Gasteiger partial charge is 0.342 e. The lowest BCUT2D eigenvalue weighted by Gasteiger charge is -2.32. The lowest BCUT2D eigenvalue weighted by atomic mass is 9.89. The molecule has 28 heavy (non-hydrogen) atoms. The Morgan fingerprint density at radius 2 is 1.89 bits per heavy atom. The third kappa shape index (κ3) is 3.50. The van der Waals surface area contributed by atoms with Gasteiger partial charge in [-0.25, -0.2) is 0 Å². The molecule has 0 unspecified atom stereocenters. The van der Waals surface area contributed by atoms with E-state index in [-0.39, 0.29) is 29.6 Å². The van der Waals surface area contributed by atoms with Crippen LogP contribution in [0.25, 0.3) is 10.8 Å². The second-order valence-corrected chi connectivity index (χ2v) is 7.46. The van der Waals surface area contributed by atoms with Gasteiger partial charge in [-0.1, -0.05) is 36.4 Å². The van der Waals surface area contributed by atoms with Crippen LogP contribution >= 0.6 is 0 Å². The van der Waals surface area contributed by atoms with Crippen LogP contribution in [0.5, 0.6) is 0 Å². The summed E-state index contributed by atoms with van der Waals surface area (Å²) in [7, 11) is 0. The van der Waals surface area contributed by atoms with Gasteiger partial charge < -0.3 is 10.00 Å². The van der Waals surface area contributed by atoms with Crippen LogP contribution in [0.1, 0.15) is 34.5 Å². The average molecular weight is 377 g/mol. The summed E-state index contributed by atoms with van der Waals surface area (Å²) in [6.07, 6.45) is 1.62. The highest BCUT2D eigenvalue weighted by Gasteiger charge is 2.29. The third-order valence-electron chi connectivity index (χ3n) is 5.60. The van der Waals surface area contributed by atoms with Gasteiger partial charge in [0.05, 0.1) is 6.42 Å². The Bertz CT molecular complexity index is 1100. The van der Waals surface area contributed by atoms with Gasteiger partial charge in [0.15, 0.2) is 5.78 Å². The molecule has 1 aromatic heterocycles. The molecule has 0 radical (unpaired) electrons. The molecule has 1 aliphatic rings. The minimum atomic E-state index is -0.258. The molecule has 0 saturated carbocycles. The quantitative estimate of drug-likeness (QED) is 0.686. The Hall–Kier alpha value is -3.15. The summed E-state index contributed by atoms with van der Waals surface area (Å²) in [4.78, 5) is 39.3. The molecule has 6 nitrogen and oxygen atoms in total. The lowest BCUT2D eigenvalue weighted by Crippen LogP contribution is -2.43. The van der Waals surface area contributed by atoms with E-state index in [1.165, 1.54) is 0 Å². The van der Waals surface area contributed by atoms with E-state index >= 15 is 0 Å². The molecule has 144 valence electrons. The van der Waals surface area contributed by atoms with Crippen molar-refractivity contribution < 1.29 is 9.59 Å². The van der Waals surface area contributed by atoms with E-state index in [0.717, 1.165) is 23.6 Å². The van der Waals surface area contributed by atoms with Crippen molar-refractivity contribution >= 4 is 22.5 Å². The first-order valence-electron chi connectivity index (χ1n) is 9.60. The van der Waals surface area contributed by atoms with Crippen molar-refractivity contribution in [1.29, 1.82) is 0 Å². The highest BCUT2D eigenvalue weighted by molar-refractivity contribution is 6.01. The number of rotatable bonds is 4. The number of piperidine rings is 1. The topological polar surface area (TPSA) is 86.0 Å². The smallest absolute Gasteiger partial charge is 0.267 e. The minimum absolute atomic E-state index is 0.0571. The molecule has 0 aliphatic carbocycles. The Morgan fingerprint density at radius 1 is 1.11 bits per heavy atom. The summed E-state index contributed by atoms with van der Waals surface area (Å²) >= 11 is 0. The molecule has 2 heterocycles. The van der Waals surface area contributed by atoms with Gasteiger partial charge in [0, 0.05) is 35.8 Å². The van der Waals surface area contributed by atoms with Crippen LogP contribution in [0.3, 0.4) is 0 Å². The summed E-state index contributed by atoms with van der Waals surface area (Å²) in [6.45, 7) is 2.80. The number of Topliss-reactive ketones (excluding diaryl/α,β-unsaturated/α-hetero) is 1. The maximum Gasteiger partial charge on any atom is 0.267 e. The number of nitrogens with zero attached hydrogens (tertiary/aromatic N) is 1. The van der Waals surface area contributed by atoms with Gasteiger partial charge in [0.25, 0.3) is 5.56 Å². The van der Waals surface area contributed by atoms with Gasteiger partial charge >= 0.3 is 0 Å². The monoisotopic (exact) mass is 377 g/mol. The van der Waals surface area contributed by atoms with Crippen LogP contribution in [0.4, 0.5) is 0 Å². The number of carbonyl (C=O) groups excluding carboxylic acids is 2. The zero-order valence-electron chi connectivity index (χ0n) is 15.8. The molecule has 6 heteroatoms. The number of H-pyrrole nitrogens is 2. The van der Waals surface area contributed by atoms with Crippen LogP contribution in [-0.4, -0.2) is 39.9 Å². The number of benzene rings is 2. The Kier molecular flexibility index (Phi) is 4.86. The van der Waals surface area contributed by atoms with Gasteiger partial charge in [-0.05, 0) is 36.6 Å². The molecule has 1 atom stereocenters. The van der Waals surface area contributed by atoms with Crippen LogP contribution < -0.4 is 5.56 Å². The molecule has 1 fully saturated rings. The summed E-state index contributed by atoms with van der Waals surface area (Å²) in [6, 6.07) is 13.7. The number of aromatic amines is 2. The van der Waals surface area contributed by atoms with Crippen molar-refractivity contribution in [3.8, 4) is 0 Å². The zero-order chi connectivity index (χ0) is 19.7. The molecule has 1 amide bonds. The molecule has 2 N–H and O–H groups in total. The predicted molar refractivity (Wildman–Crippen MR) is 107 cm³/mol. The molecule has 1 aliphatic heterocycles. The molecule has 0 bridgehead atoms. The average Bonchev–Trinajstić information content (AvgIpc) is 3.05. The Morgan fingerprint density at radius 3 is 2.64 bits per heavy atom. The molecule has 4 rings (SSSR count). The predicted octanol–water partition coefficient (Wildman–Crippen LogP) is 2.83. The number of hydrogen-bond acceptors (Lipinski definition) is 3. The first-order valence-corrected chi connectivity index (χ1v) is 9.60. The fraction of sp³-hybridized carbons (Fsp3) is 0.318. The van der Waals surface area contributed by atoms with Crippen molar-refractivity contribution in [1.82, 2.24) is 15.1 Å². The molecule has 0 spiro atoms. The van der Waals surface area contributed by atoms with Gasteiger partial charge in [0.1, 0.15) is 0 Å². The van der Waals surface area contributed by atoms with E-state index in [0.29, 0.717) is 29.9 Å². The van der Waals surface area contributed by atoms with E-state index in [2.05, 4.69) is 10.2 Å². The zero-order valence-corrected chi connectivity index (χ0v) is 15.8. The molecular weight excluding hydrogens is 354 g/mol. The summed E-state index contributed by atoms with van der Waals surface area (Å²) in [5.41, 5.74) is 1.58. The number of aromatic nitrogens is 2. The SMILES string of the molecule is Cc1[nH][nH]c(=O)c1CC(=O)N1CCC[C@H](C(=O)c2ccc3ccccc3c2)C1. The summed E-state index contributed by atoms with van der Waals surface area (Å²) < 4.78 is 0. The first-order chi connectivity index (χ1) is 13.5. The maximum atomic E-state index is 13.0. The highest BCUT2D eigenvalue weighted by atomic mass is 16.2. The van der Waals surface area contributed by atoms with E-state index in [1.807, 2.05) is 42.5 Å². The van der Waals surface area contributed by atoms with E-state index < -0.39 is 0 Å². The summed E-state index contributed by atoms with van der Waals surface area (Å²) in [5, 5.41) is 7.39. The van der Waals surface area contributed by atoms with Crippen LogP contribution in [-0.2, 0) is 11.2 Å².